The van der Waals surface area contributed by atoms with Gasteiger partial charge in [0.2, 0.25) is 5.16 Å². The van der Waals surface area contributed by atoms with Crippen molar-refractivity contribution in [3.63, 3.8) is 0 Å². The Balaban J connectivity index is 1.84. The summed E-state index contributed by atoms with van der Waals surface area (Å²) < 4.78 is 6.11. The molecule has 0 bridgehead atoms. The van der Waals surface area contributed by atoms with Crippen LogP contribution in [0.2, 0.25) is 0 Å². The minimum absolute atomic E-state index is 0.0944. The minimum atomic E-state index is -0.535. The lowest BCUT2D eigenvalue weighted by Gasteiger charge is -2.02. The van der Waals surface area contributed by atoms with Crippen molar-refractivity contribution in [2.45, 2.75) is 10.1 Å². The molecule has 0 radical (unpaired) electrons. The van der Waals surface area contributed by atoms with Gasteiger partial charge in [0.1, 0.15) is 6.33 Å². The molecule has 0 aliphatic carbocycles. The number of nitro benzene ring substituents is 1. The number of esters is 1. The van der Waals surface area contributed by atoms with Crippen LogP contribution in [-0.4, -0.2) is 32.8 Å². The summed E-state index contributed by atoms with van der Waals surface area (Å²) >= 11 is 1.10. The van der Waals surface area contributed by atoms with E-state index in [4.69, 9.17) is 0 Å². The molecule has 2 aromatic carbocycles. The topological polar surface area (TPSA) is 100 Å². The standard InChI is InChI=1S/C18H14N4O4S/c1-26-17(23)10-8-13-7-9-16(15(11-13)22(24)25)27-18-19-12-21(20-18)14-5-3-2-4-6-14/h2-12H,1H3. The molecule has 0 fully saturated rings. The summed E-state index contributed by atoms with van der Waals surface area (Å²) in [5.41, 5.74) is 1.26. The maximum atomic E-state index is 11.4. The van der Waals surface area contributed by atoms with Crippen molar-refractivity contribution < 1.29 is 14.5 Å². The zero-order valence-electron chi connectivity index (χ0n) is 14.2. The SMILES string of the molecule is COC(=O)C=Cc1ccc(Sc2ncn(-c3ccccc3)n2)c([N+](=O)[O-])c1. The molecule has 0 aliphatic rings. The highest BCUT2D eigenvalue weighted by Gasteiger charge is 2.17. The summed E-state index contributed by atoms with van der Waals surface area (Å²) in [6.07, 6.45) is 4.21. The van der Waals surface area contributed by atoms with Gasteiger partial charge < -0.3 is 4.74 Å². The third-order valence-electron chi connectivity index (χ3n) is 3.49. The highest BCUT2D eigenvalue weighted by molar-refractivity contribution is 7.99. The zero-order chi connectivity index (χ0) is 19.2. The van der Waals surface area contributed by atoms with Crippen LogP contribution in [0.3, 0.4) is 0 Å². The van der Waals surface area contributed by atoms with E-state index in [-0.39, 0.29) is 5.69 Å². The third-order valence-corrected chi connectivity index (χ3v) is 4.42. The molecular formula is C18H14N4O4S. The van der Waals surface area contributed by atoms with Crippen LogP contribution in [0.15, 0.2) is 71.0 Å². The predicted molar refractivity (Wildman–Crippen MR) is 99.6 cm³/mol. The van der Waals surface area contributed by atoms with Crippen LogP contribution in [0, 0.1) is 10.1 Å². The molecule has 0 N–H and O–H groups in total. The number of carbonyl (C=O) groups is 1. The number of hydrogen-bond acceptors (Lipinski definition) is 7. The predicted octanol–water partition coefficient (Wildman–Crippen LogP) is 3.51. The molecule has 1 heterocycles. The number of para-hydroxylation sites is 1. The van der Waals surface area contributed by atoms with Gasteiger partial charge in [-0.15, -0.1) is 5.10 Å². The van der Waals surface area contributed by atoms with E-state index in [1.807, 2.05) is 30.3 Å². The van der Waals surface area contributed by atoms with Crippen molar-refractivity contribution in [1.82, 2.24) is 14.8 Å². The molecule has 0 amide bonds. The maximum absolute atomic E-state index is 11.4. The molecule has 27 heavy (non-hydrogen) atoms. The lowest BCUT2D eigenvalue weighted by Crippen LogP contribution is -1.95. The van der Waals surface area contributed by atoms with Gasteiger partial charge in [0, 0.05) is 12.1 Å². The average molecular weight is 382 g/mol. The van der Waals surface area contributed by atoms with Crippen molar-refractivity contribution in [2.75, 3.05) is 7.11 Å². The second kappa shape index (κ2) is 8.28. The Bertz CT molecular complexity index is 1000. The molecule has 1 aromatic heterocycles. The Hall–Kier alpha value is -3.46. The summed E-state index contributed by atoms with van der Waals surface area (Å²) in [6, 6.07) is 14.1. The number of nitrogens with zero attached hydrogens (tertiary/aromatic N) is 4. The highest BCUT2D eigenvalue weighted by atomic mass is 32.2. The molecule has 0 aliphatic heterocycles. The van der Waals surface area contributed by atoms with E-state index in [1.54, 1.807) is 23.1 Å². The Labute approximate surface area is 158 Å². The molecular weight excluding hydrogens is 368 g/mol. The molecule has 0 unspecified atom stereocenters. The number of nitro groups is 1. The van der Waals surface area contributed by atoms with E-state index >= 15 is 0 Å². The van der Waals surface area contributed by atoms with Crippen molar-refractivity contribution in [1.29, 1.82) is 0 Å². The van der Waals surface area contributed by atoms with E-state index in [2.05, 4.69) is 14.8 Å². The number of ether oxygens (including phenoxy) is 1. The van der Waals surface area contributed by atoms with Crippen molar-refractivity contribution in [3.05, 3.63) is 76.6 Å². The molecule has 0 atom stereocenters. The van der Waals surface area contributed by atoms with Crippen molar-refractivity contribution in [2.24, 2.45) is 0 Å². The van der Waals surface area contributed by atoms with Gasteiger partial charge in [-0.05, 0) is 41.6 Å². The second-order valence-electron chi connectivity index (χ2n) is 5.25. The lowest BCUT2D eigenvalue weighted by molar-refractivity contribution is -0.387. The van der Waals surface area contributed by atoms with Crippen LogP contribution in [0.25, 0.3) is 11.8 Å². The van der Waals surface area contributed by atoms with E-state index in [1.165, 1.54) is 25.3 Å². The van der Waals surface area contributed by atoms with E-state index < -0.39 is 10.9 Å². The minimum Gasteiger partial charge on any atom is -0.466 e. The van der Waals surface area contributed by atoms with Crippen LogP contribution in [0.4, 0.5) is 5.69 Å². The molecule has 0 saturated carbocycles. The average Bonchev–Trinajstić information content (AvgIpc) is 3.16. The molecule has 8 nitrogen and oxygen atoms in total. The van der Waals surface area contributed by atoms with Crippen LogP contribution in [-0.2, 0) is 9.53 Å². The normalized spacial score (nSPS) is 10.9. The van der Waals surface area contributed by atoms with Gasteiger partial charge in [-0.25, -0.2) is 14.5 Å². The van der Waals surface area contributed by atoms with Crippen LogP contribution in [0.1, 0.15) is 5.56 Å². The molecule has 3 rings (SSSR count). The Morgan fingerprint density at radius 3 is 2.74 bits per heavy atom. The summed E-state index contributed by atoms with van der Waals surface area (Å²) in [6.45, 7) is 0. The highest BCUT2D eigenvalue weighted by Crippen LogP contribution is 2.34. The van der Waals surface area contributed by atoms with Gasteiger partial charge in [-0.1, -0.05) is 24.3 Å². The monoisotopic (exact) mass is 382 g/mol. The van der Waals surface area contributed by atoms with Crippen LogP contribution >= 0.6 is 11.8 Å². The first-order valence-corrected chi connectivity index (χ1v) is 8.58. The fourth-order valence-corrected chi connectivity index (χ4v) is 3.00. The van der Waals surface area contributed by atoms with E-state index in [0.717, 1.165) is 17.4 Å². The van der Waals surface area contributed by atoms with Gasteiger partial charge in [-0.3, -0.25) is 10.1 Å². The lowest BCUT2D eigenvalue weighted by atomic mass is 10.2. The fourth-order valence-electron chi connectivity index (χ4n) is 2.20. The maximum Gasteiger partial charge on any atom is 0.330 e. The van der Waals surface area contributed by atoms with Gasteiger partial charge in [0.25, 0.3) is 5.69 Å². The Morgan fingerprint density at radius 2 is 2.04 bits per heavy atom. The summed E-state index contributed by atoms with van der Waals surface area (Å²) in [5.74, 6) is -0.535. The van der Waals surface area contributed by atoms with Crippen molar-refractivity contribution in [3.8, 4) is 5.69 Å². The van der Waals surface area contributed by atoms with Crippen molar-refractivity contribution >= 4 is 29.5 Å². The largest absolute Gasteiger partial charge is 0.466 e. The number of methoxy groups -OCH3 is 1. The van der Waals surface area contributed by atoms with E-state index in [0.29, 0.717) is 15.6 Å². The second-order valence-corrected chi connectivity index (χ2v) is 6.26. The van der Waals surface area contributed by atoms with Crippen LogP contribution in [0.5, 0.6) is 0 Å². The Morgan fingerprint density at radius 1 is 1.26 bits per heavy atom. The smallest absolute Gasteiger partial charge is 0.330 e. The Kier molecular flexibility index (Phi) is 5.62. The summed E-state index contributed by atoms with van der Waals surface area (Å²) in [4.78, 5) is 26.7. The quantitative estimate of drug-likeness (QED) is 0.278. The first-order valence-electron chi connectivity index (χ1n) is 7.76. The van der Waals surface area contributed by atoms with Gasteiger partial charge in [0.05, 0.1) is 22.6 Å². The van der Waals surface area contributed by atoms with E-state index in [9.17, 15) is 14.9 Å². The van der Waals surface area contributed by atoms with Gasteiger partial charge >= 0.3 is 5.97 Å². The summed E-state index contributed by atoms with van der Waals surface area (Å²) in [7, 11) is 1.26. The molecule has 9 heteroatoms. The first kappa shape index (κ1) is 18.3. The number of benzene rings is 2. The summed E-state index contributed by atoms with van der Waals surface area (Å²) in [5, 5.41) is 16.1. The third kappa shape index (κ3) is 4.59. The van der Waals surface area contributed by atoms with Gasteiger partial charge in [0.15, 0.2) is 0 Å². The number of carbonyl (C=O) groups excluding carboxylic acids is 1. The molecule has 136 valence electrons. The number of hydrogen-bond donors (Lipinski definition) is 0. The molecule has 0 saturated heterocycles. The molecule has 3 aromatic rings. The number of aromatic nitrogens is 3. The van der Waals surface area contributed by atoms with Crippen LogP contribution < -0.4 is 0 Å². The van der Waals surface area contributed by atoms with Gasteiger partial charge in [-0.2, -0.15) is 0 Å². The fraction of sp³-hybridized carbons (Fsp3) is 0.0556. The number of rotatable bonds is 6. The zero-order valence-corrected chi connectivity index (χ0v) is 15.0. The molecule has 0 spiro atoms. The first-order chi connectivity index (χ1) is 13.1.